The Hall–Kier alpha value is -3.79. The molecule has 0 N–H and O–H groups in total. The van der Waals surface area contributed by atoms with Crippen molar-refractivity contribution < 1.29 is 42.9 Å². The number of ether oxygens (including phenoxy) is 4. The van der Waals surface area contributed by atoms with E-state index in [9.17, 15) is 19.5 Å². The van der Waals surface area contributed by atoms with Gasteiger partial charge in [-0.05, 0) is 77.0 Å². The number of allylic oxidation sites excluding steroid dienone is 15. The number of carboxylic acid groups (broad SMARTS) is 1. The Morgan fingerprint density at radius 2 is 0.923 bits per heavy atom. The first-order chi connectivity index (χ1) is 31.6. The Morgan fingerprint density at radius 3 is 1.38 bits per heavy atom. The van der Waals surface area contributed by atoms with Gasteiger partial charge in [-0.1, -0.05) is 188 Å². The molecule has 0 spiro atoms. The monoisotopic (exact) mass is 908 g/mol. The minimum atomic E-state index is -1.65. The van der Waals surface area contributed by atoms with Crippen molar-refractivity contribution in [2.24, 2.45) is 0 Å². The van der Waals surface area contributed by atoms with Gasteiger partial charge >= 0.3 is 11.9 Å². The number of likely N-dealkylation sites (N-methyl/N-ethyl adjacent to an activating group) is 1. The first kappa shape index (κ1) is 61.2. The summed E-state index contributed by atoms with van der Waals surface area (Å²) in [6.45, 7) is 4.48. The van der Waals surface area contributed by atoms with E-state index in [1.807, 2.05) is 33.3 Å². The summed E-state index contributed by atoms with van der Waals surface area (Å²) in [6.07, 6.45) is 59.1. The smallest absolute Gasteiger partial charge is 0.310 e. The first-order valence-electron chi connectivity index (χ1n) is 25.4. The second-order valence-electron chi connectivity index (χ2n) is 17.7. The zero-order valence-corrected chi connectivity index (χ0v) is 41.8. The molecule has 370 valence electrons. The van der Waals surface area contributed by atoms with Crippen LogP contribution >= 0.6 is 0 Å². The minimum Gasteiger partial charge on any atom is -0.545 e. The van der Waals surface area contributed by atoms with E-state index in [4.69, 9.17) is 18.9 Å². The van der Waals surface area contributed by atoms with Gasteiger partial charge in [0.2, 0.25) is 0 Å². The van der Waals surface area contributed by atoms with Gasteiger partial charge in [0.15, 0.2) is 12.4 Å². The van der Waals surface area contributed by atoms with E-state index in [1.165, 1.54) is 77.0 Å². The highest BCUT2D eigenvalue weighted by atomic mass is 16.7. The third-order valence-electron chi connectivity index (χ3n) is 10.3. The molecule has 65 heavy (non-hydrogen) atoms. The van der Waals surface area contributed by atoms with Crippen molar-refractivity contribution in [2.45, 2.75) is 193 Å². The van der Waals surface area contributed by atoms with E-state index >= 15 is 0 Å². The largest absolute Gasteiger partial charge is 0.545 e. The molecule has 9 heteroatoms. The summed E-state index contributed by atoms with van der Waals surface area (Å²) in [6, 6.07) is 0. The maximum absolute atomic E-state index is 12.7. The molecular weight excluding hydrogens is 815 g/mol. The summed E-state index contributed by atoms with van der Waals surface area (Å²) in [5.41, 5.74) is 0. The maximum atomic E-state index is 12.7. The van der Waals surface area contributed by atoms with Crippen molar-refractivity contribution in [3.8, 4) is 0 Å². The number of carbonyl (C=O) groups excluding carboxylic acids is 3. The highest BCUT2D eigenvalue weighted by Crippen LogP contribution is 2.13. The predicted molar refractivity (Wildman–Crippen MR) is 269 cm³/mol. The van der Waals surface area contributed by atoms with E-state index in [2.05, 4.69) is 92.8 Å². The molecule has 9 nitrogen and oxygen atoms in total. The van der Waals surface area contributed by atoms with Gasteiger partial charge in [0.1, 0.15) is 13.2 Å². The van der Waals surface area contributed by atoms with Crippen molar-refractivity contribution in [2.75, 3.05) is 47.5 Å². The van der Waals surface area contributed by atoms with Gasteiger partial charge < -0.3 is 33.3 Å². The molecule has 0 saturated carbocycles. The van der Waals surface area contributed by atoms with Crippen molar-refractivity contribution in [3.63, 3.8) is 0 Å². The number of aliphatic carboxylic acids is 1. The molecule has 0 aliphatic carbocycles. The fourth-order valence-electron chi connectivity index (χ4n) is 6.44. The molecule has 0 fully saturated rings. The summed E-state index contributed by atoms with van der Waals surface area (Å²) in [5, 5.41) is 11.7. The number of carbonyl (C=O) groups is 3. The van der Waals surface area contributed by atoms with Crippen LogP contribution in [0.15, 0.2) is 97.2 Å². The molecule has 0 heterocycles. The number of rotatable bonds is 45. The number of hydrogen-bond donors (Lipinski definition) is 0. The normalized spacial score (nSPS) is 13.7. The molecule has 0 aromatic carbocycles. The van der Waals surface area contributed by atoms with Gasteiger partial charge in [0, 0.05) is 6.42 Å². The van der Waals surface area contributed by atoms with Crippen molar-refractivity contribution >= 4 is 17.9 Å². The summed E-state index contributed by atoms with van der Waals surface area (Å²) >= 11 is 0. The van der Waals surface area contributed by atoms with Crippen molar-refractivity contribution in [3.05, 3.63) is 97.2 Å². The second-order valence-corrected chi connectivity index (χ2v) is 17.7. The van der Waals surface area contributed by atoms with Gasteiger partial charge in [-0.25, -0.2) is 0 Å². The van der Waals surface area contributed by atoms with Crippen LogP contribution in [0.3, 0.4) is 0 Å². The van der Waals surface area contributed by atoms with Gasteiger partial charge in [-0.3, -0.25) is 9.59 Å². The van der Waals surface area contributed by atoms with Crippen LogP contribution in [0.4, 0.5) is 0 Å². The lowest BCUT2D eigenvalue weighted by atomic mass is 10.1. The SMILES string of the molecule is CC/C=C\C/C=C\C/C=C\C/C=C\C/C=C\CC(=O)OC(COC(=O)CCCCCCCCCCCC/C=C\C/C=C\C/C=C\CCCCCCC)COC(OCC[N+](C)(C)C)C(=O)[O-]. The van der Waals surface area contributed by atoms with Crippen LogP contribution in [0.2, 0.25) is 0 Å². The fourth-order valence-corrected chi connectivity index (χ4v) is 6.44. The lowest BCUT2D eigenvalue weighted by molar-refractivity contribution is -0.870. The first-order valence-corrected chi connectivity index (χ1v) is 25.4. The quantitative estimate of drug-likeness (QED) is 0.0195. The molecule has 0 aromatic heterocycles. The Balaban J connectivity index is 4.40. The topological polar surface area (TPSA) is 111 Å². The highest BCUT2D eigenvalue weighted by molar-refractivity contribution is 5.71. The van der Waals surface area contributed by atoms with Crippen LogP contribution < -0.4 is 5.11 Å². The molecule has 0 amide bonds. The lowest BCUT2D eigenvalue weighted by Crippen LogP contribution is -2.44. The number of hydrogen-bond acceptors (Lipinski definition) is 8. The van der Waals surface area contributed by atoms with Gasteiger partial charge in [0.05, 0.1) is 46.7 Å². The minimum absolute atomic E-state index is 0.00970. The lowest BCUT2D eigenvalue weighted by Gasteiger charge is -2.26. The molecule has 2 unspecified atom stereocenters. The second kappa shape index (κ2) is 46.7. The molecular formula is C56H93NO8. The number of carboxylic acids is 1. The Morgan fingerprint density at radius 1 is 0.492 bits per heavy atom. The Bertz CT molecular complexity index is 1380. The van der Waals surface area contributed by atoms with Crippen LogP contribution in [-0.2, 0) is 33.3 Å². The van der Waals surface area contributed by atoms with Gasteiger partial charge in [-0.15, -0.1) is 0 Å². The van der Waals surface area contributed by atoms with Crippen LogP contribution in [0.1, 0.15) is 181 Å². The molecule has 0 aliphatic rings. The van der Waals surface area contributed by atoms with Crippen LogP contribution in [0.5, 0.6) is 0 Å². The number of nitrogens with zero attached hydrogens (tertiary/aromatic N) is 1. The third-order valence-corrected chi connectivity index (χ3v) is 10.3. The molecule has 0 radical (unpaired) electrons. The zero-order chi connectivity index (χ0) is 47.7. The van der Waals surface area contributed by atoms with Crippen molar-refractivity contribution in [1.29, 1.82) is 0 Å². The predicted octanol–water partition coefficient (Wildman–Crippen LogP) is 12.9. The highest BCUT2D eigenvalue weighted by Gasteiger charge is 2.21. The molecule has 0 bridgehead atoms. The summed E-state index contributed by atoms with van der Waals surface area (Å²) in [4.78, 5) is 37.0. The molecule has 0 aromatic rings. The number of unbranched alkanes of at least 4 members (excludes halogenated alkanes) is 15. The molecule has 0 aliphatic heterocycles. The maximum Gasteiger partial charge on any atom is 0.310 e. The zero-order valence-electron chi connectivity index (χ0n) is 41.8. The summed E-state index contributed by atoms with van der Waals surface area (Å²) < 4.78 is 22.4. The average molecular weight is 908 g/mol. The van der Waals surface area contributed by atoms with E-state index < -0.39 is 30.3 Å². The van der Waals surface area contributed by atoms with Crippen LogP contribution in [0.25, 0.3) is 0 Å². The van der Waals surface area contributed by atoms with Gasteiger partial charge in [-0.2, -0.15) is 0 Å². The van der Waals surface area contributed by atoms with E-state index in [1.54, 1.807) is 6.08 Å². The molecule has 2 atom stereocenters. The van der Waals surface area contributed by atoms with Gasteiger partial charge in [0.25, 0.3) is 0 Å². The number of quaternary nitrogens is 1. The fraction of sp³-hybridized carbons (Fsp3) is 0.661. The Labute approximate surface area is 397 Å². The average Bonchev–Trinajstić information content (AvgIpc) is 3.27. The molecule has 0 rings (SSSR count). The van der Waals surface area contributed by atoms with E-state index in [-0.39, 0.29) is 32.7 Å². The standard InChI is InChI=1S/C56H93NO8/c1-6-8-10-12-14-16-18-20-22-23-24-25-26-27-28-29-30-31-33-34-36-38-40-42-44-46-53(58)63-50-52(51-64-56(55(60)61)62-49-48-57(3,4)5)65-54(59)47-45-43-41-39-37-35-32-21-19-17-15-13-11-9-7-2/h9,11,15,17-18,20-21,23-24,26-27,32,37,39,43,45,52,56H,6-8,10,12-14,16,19,22,25,28-31,33-36,38,40-42,44,46-51H2,1-5H3/b11-9-,17-15-,20-18-,24-23-,27-26-,32-21-,39-37-,45-43-. The van der Waals surface area contributed by atoms with Crippen LogP contribution in [-0.4, -0.2) is 82.3 Å². The third kappa shape index (κ3) is 48.0. The van der Waals surface area contributed by atoms with E-state index in [0.29, 0.717) is 17.4 Å². The van der Waals surface area contributed by atoms with Crippen LogP contribution in [0, 0.1) is 0 Å². The Kier molecular flexibility index (Phi) is 44.0. The number of esters is 2. The van der Waals surface area contributed by atoms with E-state index in [0.717, 1.165) is 70.6 Å². The van der Waals surface area contributed by atoms with Crippen molar-refractivity contribution in [1.82, 2.24) is 0 Å². The molecule has 0 saturated heterocycles. The summed E-state index contributed by atoms with van der Waals surface area (Å²) in [7, 11) is 5.87. The summed E-state index contributed by atoms with van der Waals surface area (Å²) in [5.74, 6) is -2.47.